The Bertz CT molecular complexity index is 1950. The van der Waals surface area contributed by atoms with E-state index in [1.165, 1.54) is 11.3 Å². The molecule has 1 aromatic heterocycles. The SMILES string of the molecule is C#CCNC(=O)[C@H](CCNC(=O)CCCOc1ccc(-c2nc3ccc(-c4ccc(N5CCN(C)CC5)cc4)cc3[nH]2)cc1)NC(=O)CCC1(C)N=N1. The molecule has 0 spiro atoms. The lowest BCUT2D eigenvalue weighted by Gasteiger charge is -2.34. The Balaban J connectivity index is 0.926. The molecule has 53 heavy (non-hydrogen) atoms. The van der Waals surface area contributed by atoms with Crippen LogP contribution >= 0.6 is 0 Å². The van der Waals surface area contributed by atoms with E-state index in [0.717, 1.165) is 54.2 Å². The molecule has 13 nitrogen and oxygen atoms in total. The largest absolute Gasteiger partial charge is 0.494 e. The third kappa shape index (κ3) is 10.4. The van der Waals surface area contributed by atoms with Gasteiger partial charge in [0.2, 0.25) is 17.7 Å². The molecule has 3 aromatic carbocycles. The summed E-state index contributed by atoms with van der Waals surface area (Å²) in [6.45, 7) is 6.72. The van der Waals surface area contributed by atoms with Crippen LogP contribution in [0.5, 0.6) is 5.75 Å². The predicted octanol–water partition coefficient (Wildman–Crippen LogP) is 4.51. The number of terminal acetylenes is 1. The summed E-state index contributed by atoms with van der Waals surface area (Å²) in [6, 6.07) is 22.0. The zero-order valence-corrected chi connectivity index (χ0v) is 30.4. The van der Waals surface area contributed by atoms with Crippen LogP contribution in [0.15, 0.2) is 77.0 Å². The van der Waals surface area contributed by atoms with Crippen molar-refractivity contribution in [3.63, 3.8) is 0 Å². The Morgan fingerprint density at radius 2 is 1.64 bits per heavy atom. The first-order valence-corrected chi connectivity index (χ1v) is 18.2. The molecule has 4 N–H and O–H groups in total. The maximum Gasteiger partial charge on any atom is 0.243 e. The summed E-state index contributed by atoms with van der Waals surface area (Å²) in [7, 11) is 2.17. The molecule has 276 valence electrons. The highest BCUT2D eigenvalue weighted by molar-refractivity contribution is 5.88. The van der Waals surface area contributed by atoms with Gasteiger partial charge in [0, 0.05) is 63.2 Å². The number of nitrogens with one attached hydrogen (secondary N) is 4. The van der Waals surface area contributed by atoms with E-state index >= 15 is 0 Å². The van der Waals surface area contributed by atoms with Crippen LogP contribution in [0.1, 0.15) is 39.0 Å². The van der Waals surface area contributed by atoms with E-state index < -0.39 is 17.6 Å². The average Bonchev–Trinajstić information content (AvgIpc) is 3.76. The van der Waals surface area contributed by atoms with Crippen LogP contribution in [0.3, 0.4) is 0 Å². The van der Waals surface area contributed by atoms with Crippen LogP contribution in [-0.4, -0.2) is 97.2 Å². The summed E-state index contributed by atoms with van der Waals surface area (Å²) in [5.41, 5.74) is 5.87. The zero-order chi connectivity index (χ0) is 37.2. The van der Waals surface area contributed by atoms with Gasteiger partial charge in [-0.1, -0.05) is 24.1 Å². The molecule has 1 atom stereocenters. The number of carbonyl (C=O) groups is 3. The van der Waals surface area contributed by atoms with E-state index in [1.54, 1.807) is 0 Å². The maximum atomic E-state index is 12.5. The van der Waals surface area contributed by atoms with Crippen molar-refractivity contribution >= 4 is 34.4 Å². The maximum absolute atomic E-state index is 12.5. The third-order valence-electron chi connectivity index (χ3n) is 9.53. The Morgan fingerprint density at radius 3 is 2.36 bits per heavy atom. The third-order valence-corrected chi connectivity index (χ3v) is 9.53. The number of carbonyl (C=O) groups excluding carboxylic acids is 3. The van der Waals surface area contributed by atoms with Gasteiger partial charge >= 0.3 is 0 Å². The monoisotopic (exact) mass is 717 g/mol. The molecule has 0 bridgehead atoms. The molecule has 0 saturated carbocycles. The van der Waals surface area contributed by atoms with Gasteiger partial charge in [0.05, 0.1) is 24.2 Å². The Labute approximate surface area is 310 Å². The number of hydrogen-bond acceptors (Lipinski definition) is 9. The van der Waals surface area contributed by atoms with Gasteiger partial charge in [0.1, 0.15) is 17.6 Å². The fourth-order valence-electron chi connectivity index (χ4n) is 6.16. The van der Waals surface area contributed by atoms with Gasteiger partial charge in [0.25, 0.3) is 0 Å². The van der Waals surface area contributed by atoms with Gasteiger partial charge < -0.3 is 35.5 Å². The van der Waals surface area contributed by atoms with Crippen LogP contribution in [0.2, 0.25) is 0 Å². The quantitative estimate of drug-likeness (QED) is 0.0926. The van der Waals surface area contributed by atoms with Gasteiger partial charge in [-0.15, -0.1) is 6.42 Å². The molecule has 1 saturated heterocycles. The molecule has 0 unspecified atom stereocenters. The van der Waals surface area contributed by atoms with Crippen LogP contribution in [0.4, 0.5) is 5.69 Å². The van der Waals surface area contributed by atoms with E-state index in [1.807, 2.05) is 37.3 Å². The number of rotatable bonds is 17. The molecule has 0 radical (unpaired) electrons. The second kappa shape index (κ2) is 17.2. The minimum Gasteiger partial charge on any atom is -0.494 e. The summed E-state index contributed by atoms with van der Waals surface area (Å²) in [5.74, 6) is 2.97. The van der Waals surface area contributed by atoms with Crippen LogP contribution < -0.4 is 25.6 Å². The van der Waals surface area contributed by atoms with Crippen molar-refractivity contribution in [2.24, 2.45) is 10.2 Å². The number of piperazine rings is 1. The Hall–Kier alpha value is -5.74. The molecule has 13 heteroatoms. The van der Waals surface area contributed by atoms with Gasteiger partial charge in [-0.2, -0.15) is 10.2 Å². The number of ether oxygens (including phenoxy) is 1. The molecule has 1 fully saturated rings. The number of benzene rings is 3. The fraction of sp³-hybridized carbons (Fsp3) is 0.400. The average molecular weight is 718 g/mol. The number of fused-ring (bicyclic) bond motifs is 1. The lowest BCUT2D eigenvalue weighted by molar-refractivity contribution is -0.129. The smallest absolute Gasteiger partial charge is 0.243 e. The number of H-pyrrole nitrogens is 1. The molecule has 3 heterocycles. The number of likely N-dealkylation sites (N-methyl/N-ethyl adjacent to an activating group) is 1. The summed E-state index contributed by atoms with van der Waals surface area (Å²) in [4.78, 5) is 50.5. The predicted molar refractivity (Wildman–Crippen MR) is 205 cm³/mol. The number of hydrogen-bond donors (Lipinski definition) is 4. The minimum atomic E-state index is -0.823. The highest BCUT2D eigenvalue weighted by atomic mass is 16.5. The Kier molecular flexibility index (Phi) is 12.0. The molecule has 2 aliphatic rings. The molecular weight excluding hydrogens is 670 g/mol. The van der Waals surface area contributed by atoms with E-state index in [4.69, 9.17) is 16.1 Å². The van der Waals surface area contributed by atoms with Crippen molar-refractivity contribution in [2.45, 2.75) is 50.7 Å². The standard InChI is InChI=1S/C40H47N9O4/c1-4-20-42-39(52)34(43-37(51)17-19-40(2)46-47-40)18-21-41-36(50)6-5-26-53-32-14-9-29(10-15-32)38-44-33-16-11-30(27-35(33)45-38)28-7-12-31(13-8-28)49-24-22-48(3)23-25-49/h1,7-16,27,34H,5-6,17-26H2,2-3H3,(H,41,50)(H,42,52)(H,43,51)(H,44,45)/t34-/m0/s1. The highest BCUT2D eigenvalue weighted by Crippen LogP contribution is 2.32. The molecule has 2 aliphatic heterocycles. The number of aromatic nitrogens is 2. The molecule has 0 aliphatic carbocycles. The zero-order valence-electron chi connectivity index (χ0n) is 30.4. The normalized spacial score (nSPS) is 15.4. The van der Waals surface area contributed by atoms with Crippen LogP contribution in [-0.2, 0) is 14.4 Å². The van der Waals surface area contributed by atoms with E-state index in [-0.39, 0.29) is 44.2 Å². The molecule has 4 aromatic rings. The number of aromatic amines is 1. The number of nitrogens with zero attached hydrogens (tertiary/aromatic N) is 5. The van der Waals surface area contributed by atoms with Crippen molar-refractivity contribution in [3.05, 3.63) is 66.7 Å². The van der Waals surface area contributed by atoms with Crippen LogP contribution in [0, 0.1) is 12.3 Å². The molecule has 3 amide bonds. The lowest BCUT2D eigenvalue weighted by atomic mass is 10.0. The first kappa shape index (κ1) is 37.0. The fourth-order valence-corrected chi connectivity index (χ4v) is 6.16. The van der Waals surface area contributed by atoms with Crippen molar-refractivity contribution in [2.75, 3.05) is 57.8 Å². The van der Waals surface area contributed by atoms with E-state index in [2.05, 4.69) is 90.3 Å². The molecular formula is C40H47N9O4. The summed E-state index contributed by atoms with van der Waals surface area (Å²) >= 11 is 0. The van der Waals surface area contributed by atoms with E-state index in [9.17, 15) is 14.4 Å². The first-order chi connectivity index (χ1) is 25.7. The van der Waals surface area contributed by atoms with Crippen molar-refractivity contribution < 1.29 is 19.1 Å². The van der Waals surface area contributed by atoms with Crippen molar-refractivity contribution in [1.82, 2.24) is 30.8 Å². The lowest BCUT2D eigenvalue weighted by Crippen LogP contribution is -2.48. The van der Waals surface area contributed by atoms with Gasteiger partial charge in [0.15, 0.2) is 5.66 Å². The van der Waals surface area contributed by atoms with E-state index in [0.29, 0.717) is 25.2 Å². The summed E-state index contributed by atoms with van der Waals surface area (Å²) in [6.07, 6.45) is 6.90. The summed E-state index contributed by atoms with van der Waals surface area (Å²) in [5, 5.41) is 15.9. The number of amides is 3. The van der Waals surface area contributed by atoms with Gasteiger partial charge in [-0.05, 0) is 86.5 Å². The van der Waals surface area contributed by atoms with Gasteiger partial charge in [-0.3, -0.25) is 14.4 Å². The summed E-state index contributed by atoms with van der Waals surface area (Å²) < 4.78 is 5.88. The van der Waals surface area contributed by atoms with Crippen LogP contribution in [0.25, 0.3) is 33.5 Å². The first-order valence-electron chi connectivity index (χ1n) is 18.2. The topological polar surface area (TPSA) is 156 Å². The van der Waals surface area contributed by atoms with Gasteiger partial charge in [-0.25, -0.2) is 4.98 Å². The second-order valence-electron chi connectivity index (χ2n) is 13.7. The minimum absolute atomic E-state index is 0.0462. The number of anilines is 1. The highest BCUT2D eigenvalue weighted by Gasteiger charge is 2.34. The molecule has 6 rings (SSSR count). The second-order valence-corrected chi connectivity index (χ2v) is 13.7. The number of imidazole rings is 1. The van der Waals surface area contributed by atoms with Crippen molar-refractivity contribution in [3.8, 4) is 40.6 Å². The Morgan fingerprint density at radius 1 is 0.925 bits per heavy atom. The van der Waals surface area contributed by atoms with Crippen molar-refractivity contribution in [1.29, 1.82) is 0 Å².